The Labute approximate surface area is 230 Å². The minimum absolute atomic E-state index is 0. The van der Waals surface area contributed by atoms with Crippen molar-refractivity contribution in [1.82, 2.24) is 9.80 Å². The summed E-state index contributed by atoms with van der Waals surface area (Å²) in [4.78, 5) is 17.3. The van der Waals surface area contributed by atoms with Crippen LogP contribution in [0.25, 0.3) is 0 Å². The summed E-state index contributed by atoms with van der Waals surface area (Å²) in [5.41, 5.74) is 3.01. The molecule has 1 N–H and O–H groups in total. The average Bonchev–Trinajstić information content (AvgIpc) is 2.88. The van der Waals surface area contributed by atoms with Crippen molar-refractivity contribution in [3.05, 3.63) is 99.5 Å². The molecule has 1 aliphatic heterocycles. The maximum atomic E-state index is 13.0. The molecule has 3 aromatic rings. The predicted molar refractivity (Wildman–Crippen MR) is 151 cm³/mol. The molecule has 4 rings (SSSR count). The Bertz CT molecular complexity index is 1130. The van der Waals surface area contributed by atoms with Crippen molar-refractivity contribution in [2.45, 2.75) is 31.1 Å². The molecule has 0 aliphatic carbocycles. The molecule has 0 spiro atoms. The van der Waals surface area contributed by atoms with Crippen LogP contribution in [0.4, 0.5) is 0 Å². The number of aromatic hydroxyl groups is 1. The van der Waals surface area contributed by atoms with Crippen LogP contribution in [-0.2, 0) is 0 Å². The maximum absolute atomic E-state index is 13.0. The molecular weight excluding hydrogens is 515 g/mol. The van der Waals surface area contributed by atoms with E-state index in [1.807, 2.05) is 67.7 Å². The van der Waals surface area contributed by atoms with Crippen molar-refractivity contribution in [1.29, 1.82) is 0 Å². The van der Waals surface area contributed by atoms with Crippen molar-refractivity contribution in [2.24, 2.45) is 0 Å². The number of rotatable bonds is 8. The van der Waals surface area contributed by atoms with Crippen molar-refractivity contribution >= 4 is 41.5 Å². The first-order chi connectivity index (χ1) is 16.9. The van der Waals surface area contributed by atoms with Gasteiger partial charge in [-0.1, -0.05) is 59.6 Å². The molecule has 1 fully saturated rings. The molecule has 1 amide bonds. The largest absolute Gasteiger partial charge is 0.508 e. The zero-order valence-corrected chi connectivity index (χ0v) is 22.8. The molecule has 4 nitrogen and oxygen atoms in total. The summed E-state index contributed by atoms with van der Waals surface area (Å²) in [5, 5.41) is 10.9. The molecule has 1 heterocycles. The fraction of sp³-hybridized carbons (Fsp3) is 0.345. The van der Waals surface area contributed by atoms with Gasteiger partial charge in [0.15, 0.2) is 0 Å². The summed E-state index contributed by atoms with van der Waals surface area (Å²) in [6, 6.07) is 22.8. The minimum Gasteiger partial charge on any atom is -0.508 e. The Balaban J connectivity index is 0.00000361. The fourth-order valence-corrected chi connectivity index (χ4v) is 5.26. The van der Waals surface area contributed by atoms with Gasteiger partial charge in [-0.25, -0.2) is 0 Å². The highest BCUT2D eigenvalue weighted by atomic mass is 35.5. The minimum atomic E-state index is 0. The summed E-state index contributed by atoms with van der Waals surface area (Å²) >= 11 is 12.5. The van der Waals surface area contributed by atoms with E-state index in [0.717, 1.165) is 44.5 Å². The average molecular weight is 548 g/mol. The molecule has 0 unspecified atom stereocenters. The molecule has 192 valence electrons. The van der Waals surface area contributed by atoms with Crippen LogP contribution in [0, 0.1) is 0 Å². The molecule has 1 aliphatic rings. The van der Waals surface area contributed by atoms with Gasteiger partial charge < -0.3 is 14.9 Å². The topological polar surface area (TPSA) is 43.8 Å². The fourth-order valence-electron chi connectivity index (χ4n) is 4.95. The zero-order chi connectivity index (χ0) is 24.8. The molecule has 3 aromatic carbocycles. The first-order valence-corrected chi connectivity index (χ1v) is 12.9. The lowest BCUT2D eigenvalue weighted by Crippen LogP contribution is -2.36. The number of phenolic OH excluding ortho intramolecular Hbond substituents is 1. The Morgan fingerprint density at radius 3 is 2.39 bits per heavy atom. The normalized spacial score (nSPS) is 15.2. The molecule has 7 heteroatoms. The molecule has 1 atom stereocenters. The third-order valence-electron chi connectivity index (χ3n) is 7.00. The number of nitrogens with zero attached hydrogens (tertiary/aromatic N) is 2. The molecule has 1 saturated heterocycles. The van der Waals surface area contributed by atoms with Gasteiger partial charge in [0, 0.05) is 25.1 Å². The van der Waals surface area contributed by atoms with E-state index in [4.69, 9.17) is 23.2 Å². The third-order valence-corrected chi connectivity index (χ3v) is 7.74. The van der Waals surface area contributed by atoms with Gasteiger partial charge in [-0.15, -0.1) is 12.4 Å². The monoisotopic (exact) mass is 546 g/mol. The summed E-state index contributed by atoms with van der Waals surface area (Å²) in [7, 11) is 1.86. The van der Waals surface area contributed by atoms with Gasteiger partial charge in [-0.2, -0.15) is 0 Å². The molecule has 0 radical (unpaired) electrons. The second kappa shape index (κ2) is 13.3. The van der Waals surface area contributed by atoms with Gasteiger partial charge in [0.05, 0.1) is 10.0 Å². The highest BCUT2D eigenvalue weighted by molar-refractivity contribution is 6.42. The van der Waals surface area contributed by atoms with E-state index in [1.54, 1.807) is 11.0 Å². The van der Waals surface area contributed by atoms with Gasteiger partial charge in [0.1, 0.15) is 5.75 Å². The number of likely N-dealkylation sites (N-methyl/N-ethyl adjacent to an activating group) is 1. The van der Waals surface area contributed by atoms with Crippen LogP contribution in [0.1, 0.15) is 52.6 Å². The molecular formula is C29H33Cl3N2O2. The number of carbonyl (C=O) groups excluding carboxylic acids is 1. The number of likely N-dealkylation sites (tertiary alicyclic amines) is 1. The van der Waals surface area contributed by atoms with E-state index >= 15 is 0 Å². The maximum Gasteiger partial charge on any atom is 0.253 e. The van der Waals surface area contributed by atoms with E-state index in [1.165, 1.54) is 5.56 Å². The highest BCUT2D eigenvalue weighted by Crippen LogP contribution is 2.32. The summed E-state index contributed by atoms with van der Waals surface area (Å²) in [5.74, 6) is 0.983. The lowest BCUT2D eigenvalue weighted by molar-refractivity contribution is 0.0781. The van der Waals surface area contributed by atoms with Crippen LogP contribution < -0.4 is 0 Å². The second-order valence-corrected chi connectivity index (χ2v) is 10.2. The molecule has 36 heavy (non-hydrogen) atoms. The van der Waals surface area contributed by atoms with E-state index in [-0.39, 0.29) is 24.2 Å². The number of amides is 1. The first-order valence-electron chi connectivity index (χ1n) is 12.2. The number of phenols is 1. The first kappa shape index (κ1) is 28.3. The Kier molecular flexibility index (Phi) is 10.5. The highest BCUT2D eigenvalue weighted by Gasteiger charge is 2.24. The van der Waals surface area contributed by atoms with Crippen molar-refractivity contribution in [3.63, 3.8) is 0 Å². The van der Waals surface area contributed by atoms with E-state index in [0.29, 0.717) is 33.8 Å². The number of hydrogen-bond donors (Lipinski definition) is 1. The lowest BCUT2D eigenvalue weighted by Gasteiger charge is -2.34. The Morgan fingerprint density at radius 1 is 1.00 bits per heavy atom. The number of carbonyl (C=O) groups is 1. The van der Waals surface area contributed by atoms with Gasteiger partial charge in [-0.3, -0.25) is 4.79 Å². The molecule has 0 bridgehead atoms. The van der Waals surface area contributed by atoms with Crippen molar-refractivity contribution in [2.75, 3.05) is 33.2 Å². The SMILES string of the molecule is CN(C[C@@H](CCN1CCC(c2cccc(O)c2)CC1)c1ccc(Cl)c(Cl)c1)C(=O)c1ccccc1.Cl. The number of piperidine rings is 1. The summed E-state index contributed by atoms with van der Waals surface area (Å²) in [6.07, 6.45) is 3.07. The molecule has 0 saturated carbocycles. The standard InChI is InChI=1S/C29H32Cl2N2O2.ClH/c1-32(29(35)22-6-3-2-4-7-22)20-25(24-10-11-27(30)28(31)19-24)14-17-33-15-12-21(13-16-33)23-8-5-9-26(34)18-23;/h2-11,18-19,21,25,34H,12-17,20H2,1H3;1H/t25-;/m1./s1. The summed E-state index contributed by atoms with van der Waals surface area (Å²) in [6.45, 7) is 3.59. The van der Waals surface area contributed by atoms with Gasteiger partial charge in [0.2, 0.25) is 0 Å². The van der Waals surface area contributed by atoms with Crippen molar-refractivity contribution < 1.29 is 9.90 Å². The quantitative estimate of drug-likeness (QED) is 0.323. The van der Waals surface area contributed by atoms with E-state index < -0.39 is 0 Å². The number of benzene rings is 3. The van der Waals surface area contributed by atoms with Gasteiger partial charge in [0.25, 0.3) is 5.91 Å². The second-order valence-electron chi connectivity index (χ2n) is 9.42. The predicted octanol–water partition coefficient (Wildman–Crippen LogP) is 7.25. The third kappa shape index (κ3) is 7.39. The van der Waals surface area contributed by atoms with Gasteiger partial charge in [-0.05, 0) is 92.3 Å². The van der Waals surface area contributed by atoms with Crippen LogP contribution in [0.15, 0.2) is 72.8 Å². The van der Waals surface area contributed by atoms with Gasteiger partial charge >= 0.3 is 0 Å². The molecule has 0 aromatic heterocycles. The van der Waals surface area contributed by atoms with Crippen LogP contribution in [0.2, 0.25) is 10.0 Å². The van der Waals surface area contributed by atoms with Crippen LogP contribution in [0.3, 0.4) is 0 Å². The Morgan fingerprint density at radius 2 is 1.72 bits per heavy atom. The van der Waals surface area contributed by atoms with Crippen molar-refractivity contribution in [3.8, 4) is 5.75 Å². The van der Waals surface area contributed by atoms with Crippen LogP contribution in [-0.4, -0.2) is 54.0 Å². The smallest absolute Gasteiger partial charge is 0.253 e. The number of hydrogen-bond acceptors (Lipinski definition) is 3. The van der Waals surface area contributed by atoms with Crippen LogP contribution in [0.5, 0.6) is 5.75 Å². The summed E-state index contributed by atoms with van der Waals surface area (Å²) < 4.78 is 0. The van der Waals surface area contributed by atoms with Crippen LogP contribution >= 0.6 is 35.6 Å². The zero-order valence-electron chi connectivity index (χ0n) is 20.4. The number of halogens is 3. The lowest BCUT2D eigenvalue weighted by atomic mass is 9.88. The van der Waals surface area contributed by atoms with E-state index in [2.05, 4.69) is 11.0 Å². The van der Waals surface area contributed by atoms with E-state index in [9.17, 15) is 9.90 Å². The Hall–Kier alpha value is -2.24.